The topological polar surface area (TPSA) is 32.3 Å². The van der Waals surface area contributed by atoms with Gasteiger partial charge >= 0.3 is 0 Å². The molecule has 2 atom stereocenters. The average Bonchev–Trinajstić information content (AvgIpc) is 2.69. The van der Waals surface area contributed by atoms with Crippen LogP contribution in [0.3, 0.4) is 0 Å². The smallest absolute Gasteiger partial charge is 0.0943 e. The van der Waals surface area contributed by atoms with E-state index in [1.54, 1.807) is 0 Å². The quantitative estimate of drug-likeness (QED) is 0.786. The number of rotatable bonds is 2. The van der Waals surface area contributed by atoms with Crippen LogP contribution in [0, 0.1) is 0 Å². The van der Waals surface area contributed by atoms with Gasteiger partial charge in [-0.25, -0.2) is 0 Å². The Morgan fingerprint density at radius 2 is 2.36 bits per heavy atom. The Hall–Kier alpha value is -0.570. The Bertz CT molecular complexity index is 310. The van der Waals surface area contributed by atoms with E-state index < -0.39 is 6.10 Å². The highest BCUT2D eigenvalue weighted by Crippen LogP contribution is 2.24. The van der Waals surface area contributed by atoms with Gasteiger partial charge in [0.25, 0.3) is 0 Å². The minimum absolute atomic E-state index is 0.188. The molecule has 14 heavy (non-hydrogen) atoms. The maximum atomic E-state index is 10.0. The van der Waals surface area contributed by atoms with Gasteiger partial charge in [0, 0.05) is 11.1 Å². The second-order valence-corrected chi connectivity index (χ2v) is 4.14. The van der Waals surface area contributed by atoms with E-state index in [0.29, 0.717) is 5.02 Å². The van der Waals surface area contributed by atoms with E-state index >= 15 is 0 Å². The van der Waals surface area contributed by atoms with Crippen LogP contribution in [0.5, 0.6) is 0 Å². The zero-order chi connectivity index (χ0) is 9.97. The van der Waals surface area contributed by atoms with Gasteiger partial charge in [0.2, 0.25) is 0 Å². The van der Waals surface area contributed by atoms with Crippen LogP contribution in [0.15, 0.2) is 24.3 Å². The summed E-state index contributed by atoms with van der Waals surface area (Å²) in [5, 5.41) is 14.0. The summed E-state index contributed by atoms with van der Waals surface area (Å²) in [7, 11) is 0. The lowest BCUT2D eigenvalue weighted by molar-refractivity contribution is 0.137. The van der Waals surface area contributed by atoms with Crippen LogP contribution >= 0.6 is 11.6 Å². The van der Waals surface area contributed by atoms with E-state index in [-0.39, 0.29) is 6.04 Å². The number of benzene rings is 1. The summed E-state index contributed by atoms with van der Waals surface area (Å²) in [6, 6.07) is 7.62. The van der Waals surface area contributed by atoms with Gasteiger partial charge in [-0.3, -0.25) is 0 Å². The van der Waals surface area contributed by atoms with Crippen LogP contribution in [0.1, 0.15) is 24.5 Å². The molecule has 0 saturated carbocycles. The molecule has 0 radical (unpaired) electrons. The Balaban J connectivity index is 2.13. The molecule has 0 spiro atoms. The summed E-state index contributed by atoms with van der Waals surface area (Å²) < 4.78 is 0. The lowest BCUT2D eigenvalue weighted by Gasteiger charge is -2.18. The maximum Gasteiger partial charge on any atom is 0.0943 e. The van der Waals surface area contributed by atoms with Crippen molar-refractivity contribution >= 4 is 11.6 Å². The fraction of sp³-hybridized carbons (Fsp3) is 0.455. The fourth-order valence-corrected chi connectivity index (χ4v) is 2.10. The predicted molar refractivity (Wildman–Crippen MR) is 57.4 cm³/mol. The molecular formula is C11H14ClNO. The van der Waals surface area contributed by atoms with E-state index in [4.69, 9.17) is 11.6 Å². The monoisotopic (exact) mass is 211 g/mol. The molecule has 2 N–H and O–H groups in total. The molecule has 0 aromatic heterocycles. The molecule has 1 aliphatic heterocycles. The van der Waals surface area contributed by atoms with Crippen LogP contribution in [0.25, 0.3) is 0 Å². The van der Waals surface area contributed by atoms with Crippen LogP contribution < -0.4 is 5.32 Å². The first kappa shape index (κ1) is 9.97. The maximum absolute atomic E-state index is 10.0. The summed E-state index contributed by atoms with van der Waals surface area (Å²) in [4.78, 5) is 0. The molecule has 0 amide bonds. The third kappa shape index (κ3) is 2.08. The largest absolute Gasteiger partial charge is 0.387 e. The minimum atomic E-state index is -0.434. The van der Waals surface area contributed by atoms with Gasteiger partial charge < -0.3 is 10.4 Å². The van der Waals surface area contributed by atoms with Crippen molar-refractivity contribution in [2.24, 2.45) is 0 Å². The number of nitrogens with one attached hydrogen (secondary N) is 1. The summed E-state index contributed by atoms with van der Waals surface area (Å²) in [6.07, 6.45) is 1.74. The molecular weight excluding hydrogens is 198 g/mol. The summed E-state index contributed by atoms with van der Waals surface area (Å²) in [5.74, 6) is 0. The van der Waals surface area contributed by atoms with Gasteiger partial charge in [-0.1, -0.05) is 23.7 Å². The lowest BCUT2D eigenvalue weighted by atomic mass is 10.0. The number of hydrogen-bond acceptors (Lipinski definition) is 2. The minimum Gasteiger partial charge on any atom is -0.387 e. The van der Waals surface area contributed by atoms with Gasteiger partial charge in [0.15, 0.2) is 0 Å². The van der Waals surface area contributed by atoms with Gasteiger partial charge in [0.05, 0.1) is 6.10 Å². The van der Waals surface area contributed by atoms with Crippen LogP contribution in [0.2, 0.25) is 5.02 Å². The molecule has 1 heterocycles. The first-order valence-corrected chi connectivity index (χ1v) is 5.32. The van der Waals surface area contributed by atoms with Crippen LogP contribution in [-0.4, -0.2) is 17.7 Å². The number of aliphatic hydroxyl groups is 1. The molecule has 76 valence electrons. The van der Waals surface area contributed by atoms with E-state index in [1.807, 2.05) is 24.3 Å². The third-order valence-corrected chi connectivity index (χ3v) is 2.90. The van der Waals surface area contributed by atoms with Crippen molar-refractivity contribution in [2.45, 2.75) is 25.0 Å². The first-order valence-electron chi connectivity index (χ1n) is 4.94. The molecule has 2 nitrogen and oxygen atoms in total. The highest BCUT2D eigenvalue weighted by atomic mass is 35.5. The Labute approximate surface area is 88.9 Å². The van der Waals surface area contributed by atoms with Crippen molar-refractivity contribution in [1.82, 2.24) is 5.32 Å². The van der Waals surface area contributed by atoms with Crippen molar-refractivity contribution in [3.63, 3.8) is 0 Å². The summed E-state index contributed by atoms with van der Waals surface area (Å²) >= 11 is 5.86. The molecule has 3 heteroatoms. The average molecular weight is 212 g/mol. The molecule has 1 saturated heterocycles. The molecule has 0 bridgehead atoms. The number of halogens is 1. The van der Waals surface area contributed by atoms with Crippen molar-refractivity contribution < 1.29 is 5.11 Å². The Morgan fingerprint density at radius 3 is 3.00 bits per heavy atom. The van der Waals surface area contributed by atoms with Crippen LogP contribution in [-0.2, 0) is 0 Å². The molecule has 2 rings (SSSR count). The summed E-state index contributed by atoms with van der Waals surface area (Å²) in [6.45, 7) is 1.00. The summed E-state index contributed by atoms with van der Waals surface area (Å²) in [5.41, 5.74) is 0.900. The van der Waals surface area contributed by atoms with Gasteiger partial charge in [-0.05, 0) is 37.1 Å². The molecule has 1 aliphatic rings. The zero-order valence-corrected chi connectivity index (χ0v) is 8.67. The van der Waals surface area contributed by atoms with Crippen molar-refractivity contribution in [3.8, 4) is 0 Å². The standard InChI is InChI=1S/C11H14ClNO/c12-9-4-1-3-8(7-9)11(14)10-5-2-6-13-10/h1,3-4,7,10-11,13-14H,2,5-6H2/t10-,11?/m0/s1. The van der Waals surface area contributed by atoms with Gasteiger partial charge in [-0.2, -0.15) is 0 Å². The van der Waals surface area contributed by atoms with Gasteiger partial charge in [-0.15, -0.1) is 0 Å². The molecule has 1 unspecified atom stereocenters. The van der Waals surface area contributed by atoms with Crippen LogP contribution in [0.4, 0.5) is 0 Å². The van der Waals surface area contributed by atoms with E-state index in [2.05, 4.69) is 5.32 Å². The number of aliphatic hydroxyl groups excluding tert-OH is 1. The zero-order valence-electron chi connectivity index (χ0n) is 7.91. The lowest BCUT2D eigenvalue weighted by Crippen LogP contribution is -2.28. The van der Waals surface area contributed by atoms with Crippen molar-refractivity contribution in [3.05, 3.63) is 34.9 Å². The third-order valence-electron chi connectivity index (χ3n) is 2.67. The normalized spacial score (nSPS) is 23.7. The fourth-order valence-electron chi connectivity index (χ4n) is 1.90. The van der Waals surface area contributed by atoms with Crippen molar-refractivity contribution in [1.29, 1.82) is 0 Å². The number of hydrogen-bond donors (Lipinski definition) is 2. The SMILES string of the molecule is OC(c1cccc(Cl)c1)[C@@H]1CCCN1. The Kier molecular flexibility index (Phi) is 3.06. The van der Waals surface area contributed by atoms with Gasteiger partial charge in [0.1, 0.15) is 0 Å². The second-order valence-electron chi connectivity index (χ2n) is 3.70. The molecule has 1 fully saturated rings. The highest BCUT2D eigenvalue weighted by molar-refractivity contribution is 6.30. The van der Waals surface area contributed by atoms with E-state index in [1.165, 1.54) is 0 Å². The van der Waals surface area contributed by atoms with Crippen molar-refractivity contribution in [2.75, 3.05) is 6.54 Å². The highest BCUT2D eigenvalue weighted by Gasteiger charge is 2.23. The second kappa shape index (κ2) is 4.30. The molecule has 1 aromatic rings. The predicted octanol–water partition coefficient (Wildman–Crippen LogP) is 2.13. The van der Waals surface area contributed by atoms with E-state index in [9.17, 15) is 5.11 Å². The van der Waals surface area contributed by atoms with E-state index in [0.717, 1.165) is 24.9 Å². The molecule has 0 aliphatic carbocycles. The molecule has 1 aromatic carbocycles. The Morgan fingerprint density at radius 1 is 1.50 bits per heavy atom. The first-order chi connectivity index (χ1) is 6.77.